The number of anilines is 1. The average Bonchev–Trinajstić information content (AvgIpc) is 2.83. The molecular weight excluding hydrogens is 278 g/mol. The van der Waals surface area contributed by atoms with E-state index >= 15 is 0 Å². The molecule has 4 bridgehead atoms. The van der Waals surface area contributed by atoms with E-state index in [-0.39, 0.29) is 5.91 Å². The largest absolute Gasteiger partial charge is 0.362 e. The Labute approximate surface area is 131 Å². The van der Waals surface area contributed by atoms with Crippen LogP contribution in [0.4, 0.5) is 5.69 Å². The Balaban J connectivity index is 1.39. The molecular formula is C17H25N3O2. The lowest BCUT2D eigenvalue weighted by atomic mass is 9.49. The van der Waals surface area contributed by atoms with Gasteiger partial charge in [0.1, 0.15) is 6.73 Å². The number of hydrogen-bond donors (Lipinski definition) is 1. The molecule has 120 valence electrons. The first-order chi connectivity index (χ1) is 10.6. The van der Waals surface area contributed by atoms with E-state index in [0.717, 1.165) is 23.4 Å². The molecule has 0 atom stereocenters. The van der Waals surface area contributed by atoms with Crippen LogP contribution in [0.2, 0.25) is 0 Å². The summed E-state index contributed by atoms with van der Waals surface area (Å²) < 4.78 is 6.71. The summed E-state index contributed by atoms with van der Waals surface area (Å²) in [5, 5.41) is 7.18. The van der Waals surface area contributed by atoms with Gasteiger partial charge >= 0.3 is 0 Å². The summed E-state index contributed by atoms with van der Waals surface area (Å²) in [7, 11) is 1.63. The van der Waals surface area contributed by atoms with Crippen molar-refractivity contribution in [2.45, 2.75) is 51.7 Å². The minimum Gasteiger partial charge on any atom is -0.362 e. The summed E-state index contributed by atoms with van der Waals surface area (Å²) in [5.74, 6) is 2.83. The first-order valence-corrected chi connectivity index (χ1v) is 8.45. The van der Waals surface area contributed by atoms with Gasteiger partial charge in [0.25, 0.3) is 0 Å². The highest BCUT2D eigenvalue weighted by atomic mass is 16.5. The third kappa shape index (κ3) is 2.67. The third-order valence-electron chi connectivity index (χ3n) is 5.88. The zero-order valence-corrected chi connectivity index (χ0v) is 13.3. The van der Waals surface area contributed by atoms with Crippen molar-refractivity contribution in [3.05, 3.63) is 12.4 Å². The molecule has 4 aliphatic rings. The van der Waals surface area contributed by atoms with Gasteiger partial charge in [-0.1, -0.05) is 0 Å². The van der Waals surface area contributed by atoms with E-state index in [1.54, 1.807) is 18.0 Å². The van der Waals surface area contributed by atoms with Gasteiger partial charge in [-0.3, -0.25) is 4.79 Å². The maximum atomic E-state index is 12.5. The van der Waals surface area contributed by atoms with Crippen molar-refractivity contribution in [2.24, 2.45) is 23.2 Å². The molecule has 4 fully saturated rings. The van der Waals surface area contributed by atoms with Gasteiger partial charge in [0.15, 0.2) is 0 Å². The van der Waals surface area contributed by atoms with E-state index < -0.39 is 0 Å². The number of amides is 1. The molecule has 1 amide bonds. The number of nitrogens with one attached hydrogen (secondary N) is 1. The lowest BCUT2D eigenvalue weighted by molar-refractivity contribution is -0.124. The van der Waals surface area contributed by atoms with Crippen LogP contribution >= 0.6 is 0 Å². The van der Waals surface area contributed by atoms with Crippen LogP contribution in [-0.2, 0) is 16.3 Å². The molecule has 1 heterocycles. The van der Waals surface area contributed by atoms with Crippen LogP contribution in [-0.4, -0.2) is 22.8 Å². The van der Waals surface area contributed by atoms with Gasteiger partial charge in [-0.25, -0.2) is 4.68 Å². The molecule has 0 saturated heterocycles. The van der Waals surface area contributed by atoms with E-state index in [2.05, 4.69) is 10.4 Å². The highest BCUT2D eigenvalue weighted by Gasteiger charge is 2.51. The highest BCUT2D eigenvalue weighted by molar-refractivity contribution is 5.90. The highest BCUT2D eigenvalue weighted by Crippen LogP contribution is 2.61. The summed E-state index contributed by atoms with van der Waals surface area (Å²) in [5.41, 5.74) is 1.06. The summed E-state index contributed by atoms with van der Waals surface area (Å²) >= 11 is 0. The Hall–Kier alpha value is -1.36. The van der Waals surface area contributed by atoms with Crippen molar-refractivity contribution in [1.82, 2.24) is 9.78 Å². The third-order valence-corrected chi connectivity index (χ3v) is 5.88. The Morgan fingerprint density at radius 1 is 1.32 bits per heavy atom. The minimum atomic E-state index is 0.152. The fourth-order valence-corrected chi connectivity index (χ4v) is 5.68. The molecule has 1 aromatic heterocycles. The Morgan fingerprint density at radius 3 is 2.55 bits per heavy atom. The van der Waals surface area contributed by atoms with Crippen LogP contribution in [0, 0.1) is 23.2 Å². The lowest BCUT2D eigenvalue weighted by Gasteiger charge is -2.56. The number of aromatic nitrogens is 2. The fraction of sp³-hybridized carbons (Fsp3) is 0.765. The van der Waals surface area contributed by atoms with Crippen LogP contribution in [0.1, 0.15) is 44.9 Å². The van der Waals surface area contributed by atoms with Crippen molar-refractivity contribution in [3.63, 3.8) is 0 Å². The average molecular weight is 303 g/mol. The topological polar surface area (TPSA) is 56.1 Å². The van der Waals surface area contributed by atoms with Crippen molar-refractivity contribution >= 4 is 11.6 Å². The number of ether oxygens (including phenoxy) is 1. The van der Waals surface area contributed by atoms with Crippen LogP contribution in [0.3, 0.4) is 0 Å². The van der Waals surface area contributed by atoms with Crippen LogP contribution < -0.4 is 5.32 Å². The molecule has 1 N–H and O–H groups in total. The summed E-state index contributed by atoms with van der Waals surface area (Å²) in [4.78, 5) is 12.5. The number of nitrogens with zero attached hydrogens (tertiary/aromatic N) is 2. The van der Waals surface area contributed by atoms with E-state index in [4.69, 9.17) is 4.74 Å². The number of carbonyl (C=O) groups is 1. The number of rotatable bonds is 5. The normalized spacial score (nSPS) is 35.8. The molecule has 0 radical (unpaired) electrons. The molecule has 0 aromatic carbocycles. The molecule has 5 rings (SSSR count). The first-order valence-electron chi connectivity index (χ1n) is 8.45. The molecule has 0 aliphatic heterocycles. The molecule has 22 heavy (non-hydrogen) atoms. The maximum Gasteiger partial charge on any atom is 0.225 e. The fourth-order valence-electron chi connectivity index (χ4n) is 5.68. The summed E-state index contributed by atoms with van der Waals surface area (Å²) in [6, 6.07) is 0. The van der Waals surface area contributed by atoms with Crippen LogP contribution in [0.25, 0.3) is 0 Å². The zero-order valence-electron chi connectivity index (χ0n) is 13.3. The van der Waals surface area contributed by atoms with E-state index in [0.29, 0.717) is 18.6 Å². The zero-order chi connectivity index (χ0) is 15.2. The van der Waals surface area contributed by atoms with Crippen molar-refractivity contribution < 1.29 is 9.53 Å². The van der Waals surface area contributed by atoms with E-state index in [1.165, 1.54) is 38.5 Å². The number of methoxy groups -OCH3 is 1. The second-order valence-corrected chi connectivity index (χ2v) is 7.83. The number of hydrogen-bond acceptors (Lipinski definition) is 3. The van der Waals surface area contributed by atoms with Gasteiger partial charge in [-0.15, -0.1) is 0 Å². The molecule has 4 saturated carbocycles. The van der Waals surface area contributed by atoms with Crippen LogP contribution in [0.15, 0.2) is 12.4 Å². The molecule has 1 aromatic rings. The quantitative estimate of drug-likeness (QED) is 0.909. The van der Waals surface area contributed by atoms with Crippen molar-refractivity contribution in [2.75, 3.05) is 12.4 Å². The predicted molar refractivity (Wildman–Crippen MR) is 83.1 cm³/mol. The molecule has 5 nitrogen and oxygen atoms in total. The summed E-state index contributed by atoms with van der Waals surface area (Å²) in [6.07, 6.45) is 12.3. The van der Waals surface area contributed by atoms with Crippen molar-refractivity contribution in [3.8, 4) is 0 Å². The van der Waals surface area contributed by atoms with Gasteiger partial charge in [0, 0.05) is 13.5 Å². The van der Waals surface area contributed by atoms with Crippen LogP contribution in [0.5, 0.6) is 0 Å². The number of carbonyl (C=O) groups excluding carboxylic acids is 1. The Kier molecular flexibility index (Phi) is 3.48. The van der Waals surface area contributed by atoms with E-state index in [1.807, 2.05) is 6.20 Å². The molecule has 4 aliphatic carbocycles. The van der Waals surface area contributed by atoms with Crippen molar-refractivity contribution in [1.29, 1.82) is 0 Å². The van der Waals surface area contributed by atoms with Gasteiger partial charge < -0.3 is 10.1 Å². The lowest BCUT2D eigenvalue weighted by Crippen LogP contribution is -2.47. The van der Waals surface area contributed by atoms with Gasteiger partial charge in [-0.2, -0.15) is 5.10 Å². The second-order valence-electron chi connectivity index (χ2n) is 7.83. The second kappa shape index (κ2) is 5.37. The predicted octanol–water partition coefficient (Wildman–Crippen LogP) is 3.03. The first kappa shape index (κ1) is 14.2. The Bertz CT molecular complexity index is 531. The van der Waals surface area contributed by atoms with Gasteiger partial charge in [0.05, 0.1) is 18.1 Å². The smallest absolute Gasteiger partial charge is 0.225 e. The van der Waals surface area contributed by atoms with E-state index in [9.17, 15) is 4.79 Å². The minimum absolute atomic E-state index is 0.152. The molecule has 0 unspecified atom stereocenters. The monoisotopic (exact) mass is 303 g/mol. The molecule has 5 heteroatoms. The standard InChI is InChI=1S/C17H25N3O2/c1-22-11-20-10-15(9-18-20)19-16(21)8-17-5-12-2-13(6-17)4-14(3-12)7-17/h9-10,12-14H,2-8,11H2,1H3,(H,19,21). The summed E-state index contributed by atoms with van der Waals surface area (Å²) in [6.45, 7) is 0.408. The Morgan fingerprint density at radius 2 is 1.95 bits per heavy atom. The van der Waals surface area contributed by atoms with Gasteiger partial charge in [-0.05, 0) is 61.7 Å². The maximum absolute atomic E-state index is 12.5. The molecule has 0 spiro atoms. The van der Waals surface area contributed by atoms with Gasteiger partial charge in [0.2, 0.25) is 5.91 Å². The SMILES string of the molecule is COCn1cc(NC(=O)CC23CC4CC(CC(C4)C2)C3)cn1.